The number of rotatable bonds is 2. The molecule has 0 saturated carbocycles. The summed E-state index contributed by atoms with van der Waals surface area (Å²) in [5.74, 6) is -0.447. The van der Waals surface area contributed by atoms with E-state index in [1.165, 1.54) is 12.1 Å². The minimum absolute atomic E-state index is 0.0991. The van der Waals surface area contributed by atoms with E-state index >= 15 is 0 Å². The zero-order chi connectivity index (χ0) is 13.3. The molecule has 2 rings (SSSR count). The zero-order valence-corrected chi connectivity index (χ0v) is 10.3. The second-order valence-electron chi connectivity index (χ2n) is 4.08. The van der Waals surface area contributed by atoms with Gasteiger partial charge in [0.05, 0.1) is 16.7 Å². The first kappa shape index (κ1) is 13.1. The van der Waals surface area contributed by atoms with E-state index in [1.54, 1.807) is 4.90 Å². The van der Waals surface area contributed by atoms with Crippen molar-refractivity contribution in [3.63, 3.8) is 0 Å². The quantitative estimate of drug-likeness (QED) is 0.805. The van der Waals surface area contributed by atoms with Crippen LogP contribution in [0.5, 0.6) is 0 Å². The van der Waals surface area contributed by atoms with Gasteiger partial charge in [-0.1, -0.05) is 0 Å². The monoisotopic (exact) mass is 276 g/mol. The van der Waals surface area contributed by atoms with Gasteiger partial charge in [0.25, 0.3) is 4.92 Å². The summed E-state index contributed by atoms with van der Waals surface area (Å²) in [7, 11) is -2.77. The van der Waals surface area contributed by atoms with Gasteiger partial charge in [-0.2, -0.15) is 0 Å². The van der Waals surface area contributed by atoms with Gasteiger partial charge in [0.15, 0.2) is 5.82 Å². The minimum Gasteiger partial charge on any atom is -0.768 e. The summed E-state index contributed by atoms with van der Waals surface area (Å²) in [6.07, 6.45) is 0. The normalized spacial score (nSPS) is 20.5. The topological polar surface area (TPSA) is 86.8 Å². The summed E-state index contributed by atoms with van der Waals surface area (Å²) < 4.78 is 34.5. The van der Waals surface area contributed by atoms with E-state index in [-0.39, 0.29) is 36.0 Å². The first-order valence-corrected chi connectivity index (χ1v) is 7.17. The van der Waals surface area contributed by atoms with Crippen molar-refractivity contribution in [3.8, 4) is 0 Å². The van der Waals surface area contributed by atoms with Gasteiger partial charge in [0.2, 0.25) is 0 Å². The largest absolute Gasteiger partial charge is 0.768 e. The number of hydrogen-bond donors (Lipinski definition) is 2. The Morgan fingerprint density at radius 1 is 1.39 bits per heavy atom. The molecule has 6 nitrogen and oxygen atoms in total. The van der Waals surface area contributed by atoms with Gasteiger partial charge in [0, 0.05) is 30.7 Å². The number of benzene rings is 1. The van der Waals surface area contributed by atoms with Crippen LogP contribution in [-0.2, 0) is 0 Å². The lowest BCUT2D eigenvalue weighted by Gasteiger charge is -2.51. The van der Waals surface area contributed by atoms with Crippen LogP contribution in [0.4, 0.5) is 15.8 Å². The summed E-state index contributed by atoms with van der Waals surface area (Å²) in [5, 5.41) is 8.64. The van der Waals surface area contributed by atoms with E-state index in [1.807, 2.05) is 0 Å². The predicted molar refractivity (Wildman–Crippen MR) is 64.4 cm³/mol. The molecule has 1 aliphatic rings. The maximum absolute atomic E-state index is 13.7. The second-order valence-corrected chi connectivity index (χ2v) is 6.44. The number of hydrogen-bond acceptors (Lipinski definition) is 4. The first-order valence-electron chi connectivity index (χ1n) is 5.32. The van der Waals surface area contributed by atoms with Gasteiger partial charge < -0.3 is 24.6 Å². The molecular formula is C10H13FN2O4S. The lowest BCUT2D eigenvalue weighted by molar-refractivity contribution is -0.729. The standard InChI is InChI=1S/C10H13FN2O4S/c11-9-7-8(13(14)15)1-2-10(9)12-3-5-18(16,17)6-4-12/h1-2,7H,3-6H2,(H2-,14,15,16,17). The number of halogens is 1. The van der Waals surface area contributed by atoms with Crippen molar-refractivity contribution in [3.05, 3.63) is 28.9 Å². The molecule has 0 radical (unpaired) electrons. The summed E-state index contributed by atoms with van der Waals surface area (Å²) in [4.78, 5) is 11.8. The molecule has 0 aromatic heterocycles. The van der Waals surface area contributed by atoms with Crippen LogP contribution in [0.2, 0.25) is 0 Å². The van der Waals surface area contributed by atoms with Crippen molar-refractivity contribution < 1.29 is 23.6 Å². The van der Waals surface area contributed by atoms with Crippen LogP contribution >= 0.6 is 10.6 Å². The van der Waals surface area contributed by atoms with E-state index in [2.05, 4.69) is 0 Å². The smallest absolute Gasteiger partial charge is 0.319 e. The van der Waals surface area contributed by atoms with Gasteiger partial charge in [0.1, 0.15) is 0 Å². The fourth-order valence-electron chi connectivity index (χ4n) is 1.83. The molecule has 8 heteroatoms. The van der Waals surface area contributed by atoms with E-state index in [4.69, 9.17) is 5.21 Å². The maximum atomic E-state index is 13.7. The Hall–Kier alpha value is -1.38. The third-order valence-electron chi connectivity index (χ3n) is 2.85. The highest BCUT2D eigenvalue weighted by Gasteiger charge is 2.22. The van der Waals surface area contributed by atoms with Crippen LogP contribution in [0, 0.1) is 10.7 Å². The maximum Gasteiger partial charge on any atom is 0.319 e. The Morgan fingerprint density at radius 3 is 2.50 bits per heavy atom. The lowest BCUT2D eigenvalue weighted by atomic mass is 10.2. The summed E-state index contributed by atoms with van der Waals surface area (Å²) in [6.45, 7) is 0.567. The fourth-order valence-corrected chi connectivity index (χ4v) is 3.05. The third-order valence-corrected chi connectivity index (χ3v) is 4.49. The molecule has 100 valence electrons. The van der Waals surface area contributed by atoms with Gasteiger partial charge >= 0.3 is 5.69 Å². The van der Waals surface area contributed by atoms with Crippen molar-refractivity contribution in [2.24, 2.45) is 0 Å². The first-order chi connectivity index (χ1) is 8.39. The molecule has 0 aliphatic carbocycles. The van der Waals surface area contributed by atoms with Crippen LogP contribution in [0.1, 0.15) is 0 Å². The molecule has 1 fully saturated rings. The molecule has 0 atom stereocenters. The van der Waals surface area contributed by atoms with E-state index in [0.29, 0.717) is 0 Å². The van der Waals surface area contributed by atoms with Crippen LogP contribution in [-0.4, -0.2) is 43.8 Å². The van der Waals surface area contributed by atoms with Crippen molar-refractivity contribution in [1.29, 1.82) is 0 Å². The highest BCUT2D eigenvalue weighted by molar-refractivity contribution is 8.24. The molecule has 1 aliphatic heterocycles. The molecule has 0 amide bonds. The van der Waals surface area contributed by atoms with Gasteiger partial charge in [-0.15, -0.1) is 0 Å². The van der Waals surface area contributed by atoms with Crippen molar-refractivity contribution in [2.45, 2.75) is 0 Å². The Balaban J connectivity index is 2.17. The molecule has 1 aromatic carbocycles. The minimum atomic E-state index is -2.77. The average Bonchev–Trinajstić information content (AvgIpc) is 2.29. The third kappa shape index (κ3) is 2.71. The molecule has 1 heterocycles. The highest BCUT2D eigenvalue weighted by Crippen LogP contribution is 2.41. The van der Waals surface area contributed by atoms with Crippen LogP contribution in [0.25, 0.3) is 0 Å². The Morgan fingerprint density at radius 2 is 2.00 bits per heavy atom. The Kier molecular flexibility index (Phi) is 3.42. The number of anilines is 1. The lowest BCUT2D eigenvalue weighted by Crippen LogP contribution is -2.38. The SMILES string of the molecule is O=[N+](O)c1ccc(N2CCS([O-])(O)CC2)c(F)c1. The van der Waals surface area contributed by atoms with Crippen molar-refractivity contribution >= 4 is 22.0 Å². The number of nitrogens with zero attached hydrogens (tertiary/aromatic N) is 2. The Labute approximate surface area is 105 Å². The molecule has 0 bridgehead atoms. The summed E-state index contributed by atoms with van der Waals surface area (Å²) in [6, 6.07) is 3.58. The highest BCUT2D eigenvalue weighted by atomic mass is 32.3. The van der Waals surface area contributed by atoms with Crippen LogP contribution in [0.3, 0.4) is 0 Å². The van der Waals surface area contributed by atoms with Gasteiger partial charge in [-0.3, -0.25) is 0 Å². The summed E-state index contributed by atoms with van der Waals surface area (Å²) >= 11 is 0. The molecule has 0 spiro atoms. The van der Waals surface area contributed by atoms with E-state index < -0.39 is 21.3 Å². The second kappa shape index (κ2) is 4.71. The Bertz CT molecular complexity index is 473. The molecule has 2 N–H and O–H groups in total. The van der Waals surface area contributed by atoms with E-state index in [9.17, 15) is 18.4 Å². The summed E-state index contributed by atoms with van der Waals surface area (Å²) in [5.41, 5.74) is 0.0646. The van der Waals surface area contributed by atoms with Crippen LogP contribution < -0.4 is 4.90 Å². The molecular weight excluding hydrogens is 263 g/mol. The van der Waals surface area contributed by atoms with E-state index in [0.717, 1.165) is 6.07 Å². The molecule has 0 unspecified atom stereocenters. The van der Waals surface area contributed by atoms with Gasteiger partial charge in [-0.05, 0) is 6.07 Å². The average molecular weight is 276 g/mol. The predicted octanol–water partition coefficient (Wildman–Crippen LogP) is 1.85. The molecule has 1 saturated heterocycles. The van der Waals surface area contributed by atoms with Crippen LogP contribution in [0.15, 0.2) is 18.2 Å². The van der Waals surface area contributed by atoms with Crippen molar-refractivity contribution in [1.82, 2.24) is 0 Å². The molecule has 1 aromatic rings. The molecule has 18 heavy (non-hydrogen) atoms. The zero-order valence-electron chi connectivity index (χ0n) is 9.45. The fraction of sp³-hybridized carbons (Fsp3) is 0.400. The van der Waals surface area contributed by atoms with Crippen molar-refractivity contribution in [2.75, 3.05) is 29.5 Å². The van der Waals surface area contributed by atoms with Gasteiger partial charge in [-0.25, -0.2) is 9.60 Å².